The van der Waals surface area contributed by atoms with E-state index in [1.54, 1.807) is 0 Å². The van der Waals surface area contributed by atoms with Gasteiger partial charge in [0, 0.05) is 16.2 Å². The zero-order valence-corrected chi connectivity index (χ0v) is 15.5. The number of rotatable bonds is 9. The van der Waals surface area contributed by atoms with Crippen molar-refractivity contribution in [3.05, 3.63) is 30.3 Å². The first-order valence-electron chi connectivity index (χ1n) is 9.64. The standard InChI is InChI=1S/C21H32OS/c1-2-3-4-5-9-18-22-20-12-15-21(16-13-20,17-14-20)23-19-10-7-6-8-11-19/h6-8,10-11H,2-5,9,12-18H2,1H3. The first-order valence-corrected chi connectivity index (χ1v) is 10.5. The van der Waals surface area contributed by atoms with Gasteiger partial charge in [0.15, 0.2) is 0 Å². The summed E-state index contributed by atoms with van der Waals surface area (Å²) in [6.07, 6.45) is 14.5. The molecule has 0 radical (unpaired) electrons. The van der Waals surface area contributed by atoms with Gasteiger partial charge >= 0.3 is 0 Å². The van der Waals surface area contributed by atoms with Crippen molar-refractivity contribution in [1.82, 2.24) is 0 Å². The van der Waals surface area contributed by atoms with E-state index in [4.69, 9.17) is 4.74 Å². The summed E-state index contributed by atoms with van der Waals surface area (Å²) in [4.78, 5) is 1.44. The monoisotopic (exact) mass is 332 g/mol. The largest absolute Gasteiger partial charge is 0.375 e. The fourth-order valence-electron chi connectivity index (χ4n) is 4.22. The second-order valence-corrected chi connectivity index (χ2v) is 9.09. The molecule has 0 saturated heterocycles. The SMILES string of the molecule is CCCCCCCOC12CCC(Sc3ccccc3)(CC1)CC2. The molecule has 0 unspecified atom stereocenters. The number of unbranched alkanes of at least 4 members (excludes halogenated alkanes) is 4. The van der Waals surface area contributed by atoms with Crippen LogP contribution in [0.15, 0.2) is 35.2 Å². The quantitative estimate of drug-likeness (QED) is 0.470. The van der Waals surface area contributed by atoms with Crippen molar-refractivity contribution in [1.29, 1.82) is 0 Å². The first kappa shape index (κ1) is 17.4. The fourth-order valence-corrected chi connectivity index (χ4v) is 5.62. The van der Waals surface area contributed by atoms with Crippen LogP contribution >= 0.6 is 11.8 Å². The Morgan fingerprint density at radius 3 is 2.17 bits per heavy atom. The number of hydrogen-bond donors (Lipinski definition) is 0. The van der Waals surface area contributed by atoms with E-state index in [0.29, 0.717) is 4.75 Å². The van der Waals surface area contributed by atoms with E-state index in [1.165, 1.54) is 75.5 Å². The van der Waals surface area contributed by atoms with Crippen LogP contribution in [-0.4, -0.2) is 17.0 Å². The lowest BCUT2D eigenvalue weighted by Crippen LogP contribution is -2.49. The second-order valence-electron chi connectivity index (χ2n) is 7.54. The van der Waals surface area contributed by atoms with Crippen LogP contribution in [0.1, 0.15) is 77.6 Å². The molecule has 0 atom stereocenters. The third-order valence-corrected chi connectivity index (χ3v) is 7.40. The molecule has 3 saturated carbocycles. The predicted molar refractivity (Wildman–Crippen MR) is 100 cm³/mol. The summed E-state index contributed by atoms with van der Waals surface area (Å²) in [5.41, 5.74) is 0.240. The van der Waals surface area contributed by atoms with E-state index in [-0.39, 0.29) is 5.60 Å². The Bertz CT molecular complexity index is 445. The van der Waals surface area contributed by atoms with Gasteiger partial charge in [-0.25, -0.2) is 0 Å². The van der Waals surface area contributed by atoms with Crippen LogP contribution in [0.2, 0.25) is 0 Å². The number of thioether (sulfide) groups is 1. The molecule has 3 fully saturated rings. The van der Waals surface area contributed by atoms with E-state index in [1.807, 2.05) is 0 Å². The Morgan fingerprint density at radius 1 is 0.870 bits per heavy atom. The Hall–Kier alpha value is -0.470. The molecule has 1 aromatic carbocycles. The maximum absolute atomic E-state index is 6.42. The van der Waals surface area contributed by atoms with Gasteiger partial charge in [-0.2, -0.15) is 0 Å². The lowest BCUT2D eigenvalue weighted by molar-refractivity contribution is -0.105. The number of ether oxygens (including phenoxy) is 1. The van der Waals surface area contributed by atoms with Crippen molar-refractivity contribution in [2.75, 3.05) is 6.61 Å². The van der Waals surface area contributed by atoms with Crippen molar-refractivity contribution < 1.29 is 4.74 Å². The highest BCUT2D eigenvalue weighted by molar-refractivity contribution is 8.00. The van der Waals surface area contributed by atoms with Gasteiger partial charge in [0.25, 0.3) is 0 Å². The molecule has 0 aliphatic heterocycles. The minimum absolute atomic E-state index is 0.240. The molecular weight excluding hydrogens is 300 g/mol. The van der Waals surface area contributed by atoms with Gasteiger partial charge in [0.05, 0.1) is 5.60 Å². The second kappa shape index (κ2) is 8.07. The van der Waals surface area contributed by atoms with E-state index in [0.717, 1.165) is 6.61 Å². The van der Waals surface area contributed by atoms with Gasteiger partial charge in [-0.15, -0.1) is 11.8 Å². The number of benzene rings is 1. The lowest BCUT2D eigenvalue weighted by Gasteiger charge is -2.52. The van der Waals surface area contributed by atoms with Crippen LogP contribution in [0.25, 0.3) is 0 Å². The van der Waals surface area contributed by atoms with Gasteiger partial charge in [0.1, 0.15) is 0 Å². The molecule has 0 aromatic heterocycles. The zero-order chi connectivity index (χ0) is 16.0. The van der Waals surface area contributed by atoms with Gasteiger partial charge in [-0.1, -0.05) is 50.8 Å². The molecule has 128 valence electrons. The van der Waals surface area contributed by atoms with E-state index in [2.05, 4.69) is 49.0 Å². The molecule has 0 heterocycles. The molecule has 0 N–H and O–H groups in total. The summed E-state index contributed by atoms with van der Waals surface area (Å²) >= 11 is 2.13. The first-order chi connectivity index (χ1) is 11.3. The van der Waals surface area contributed by atoms with Gasteiger partial charge in [-0.05, 0) is 57.1 Å². The Labute approximate surface area is 146 Å². The highest BCUT2D eigenvalue weighted by Crippen LogP contribution is 2.56. The Kier molecular flexibility index (Phi) is 6.09. The highest BCUT2D eigenvalue weighted by atomic mass is 32.2. The average molecular weight is 333 g/mol. The summed E-state index contributed by atoms with van der Waals surface area (Å²) in [7, 11) is 0. The Balaban J connectivity index is 1.44. The predicted octanol–water partition coefficient (Wildman–Crippen LogP) is 6.61. The summed E-state index contributed by atoms with van der Waals surface area (Å²) in [5, 5.41) is 0. The van der Waals surface area contributed by atoms with Crippen molar-refractivity contribution in [2.45, 2.75) is 92.8 Å². The third kappa shape index (κ3) is 4.54. The smallest absolute Gasteiger partial charge is 0.0684 e. The maximum atomic E-state index is 6.42. The molecule has 0 spiro atoms. The van der Waals surface area contributed by atoms with Crippen LogP contribution in [0.5, 0.6) is 0 Å². The minimum atomic E-state index is 0.240. The molecule has 23 heavy (non-hydrogen) atoms. The van der Waals surface area contributed by atoms with Crippen LogP contribution in [-0.2, 0) is 4.74 Å². The summed E-state index contributed by atoms with van der Waals surface area (Å²) in [6, 6.07) is 11.0. The maximum Gasteiger partial charge on any atom is 0.0684 e. The summed E-state index contributed by atoms with van der Waals surface area (Å²) in [5.74, 6) is 0. The minimum Gasteiger partial charge on any atom is -0.375 e. The van der Waals surface area contributed by atoms with E-state index < -0.39 is 0 Å². The molecule has 2 bridgehead atoms. The Morgan fingerprint density at radius 2 is 1.52 bits per heavy atom. The molecule has 0 amide bonds. The normalized spacial score (nSPS) is 29.8. The van der Waals surface area contributed by atoms with Crippen LogP contribution < -0.4 is 0 Å². The lowest BCUT2D eigenvalue weighted by atomic mass is 9.67. The summed E-state index contributed by atoms with van der Waals surface area (Å²) < 4.78 is 6.92. The number of hydrogen-bond acceptors (Lipinski definition) is 2. The fraction of sp³-hybridized carbons (Fsp3) is 0.714. The van der Waals surface area contributed by atoms with E-state index in [9.17, 15) is 0 Å². The molecule has 3 aliphatic rings. The van der Waals surface area contributed by atoms with Crippen LogP contribution in [0.4, 0.5) is 0 Å². The topological polar surface area (TPSA) is 9.23 Å². The molecule has 3 aliphatic carbocycles. The summed E-state index contributed by atoms with van der Waals surface area (Å²) in [6.45, 7) is 3.27. The molecule has 1 nitrogen and oxygen atoms in total. The highest BCUT2D eigenvalue weighted by Gasteiger charge is 2.49. The number of fused-ring (bicyclic) bond motifs is 3. The van der Waals surface area contributed by atoms with Gasteiger partial charge in [0.2, 0.25) is 0 Å². The van der Waals surface area contributed by atoms with Crippen molar-refractivity contribution >= 4 is 11.8 Å². The third-order valence-electron chi connectivity index (χ3n) is 5.84. The molecular formula is C21H32OS. The van der Waals surface area contributed by atoms with E-state index >= 15 is 0 Å². The zero-order valence-electron chi connectivity index (χ0n) is 14.7. The van der Waals surface area contributed by atoms with Gasteiger partial charge < -0.3 is 4.74 Å². The van der Waals surface area contributed by atoms with Crippen LogP contribution in [0.3, 0.4) is 0 Å². The van der Waals surface area contributed by atoms with Crippen molar-refractivity contribution in [2.24, 2.45) is 0 Å². The van der Waals surface area contributed by atoms with Gasteiger partial charge in [-0.3, -0.25) is 0 Å². The van der Waals surface area contributed by atoms with Crippen molar-refractivity contribution in [3.8, 4) is 0 Å². The molecule has 1 aromatic rings. The molecule has 4 rings (SSSR count). The average Bonchev–Trinajstić information content (AvgIpc) is 2.61. The van der Waals surface area contributed by atoms with Crippen molar-refractivity contribution in [3.63, 3.8) is 0 Å². The van der Waals surface area contributed by atoms with Crippen LogP contribution in [0, 0.1) is 0 Å². The molecule has 2 heteroatoms.